The molecule has 0 radical (unpaired) electrons. The maximum absolute atomic E-state index is 3.78. The van der Waals surface area contributed by atoms with Gasteiger partial charge in [-0.05, 0) is 11.4 Å². The molecule has 0 fully saturated rings. The fraction of sp³-hybridized carbons (Fsp3) is 0.500. The fourth-order valence-electron chi connectivity index (χ4n) is 0.620. The van der Waals surface area contributed by atoms with Crippen LogP contribution in [0.1, 0.15) is 13.3 Å². The second kappa shape index (κ2) is 4.70. The Labute approximate surface area is 72.7 Å². The summed E-state index contributed by atoms with van der Waals surface area (Å²) in [6.45, 7) is 3.16. The van der Waals surface area contributed by atoms with Crippen LogP contribution in [-0.4, -0.2) is 17.8 Å². The highest BCUT2D eigenvalue weighted by atomic mass is 127. The number of rotatable bonds is 2. The van der Waals surface area contributed by atoms with E-state index in [1.54, 1.807) is 6.20 Å². The zero-order chi connectivity index (χ0) is 5.82. The summed E-state index contributed by atoms with van der Waals surface area (Å²) in [5.74, 6) is 0. The van der Waals surface area contributed by atoms with Crippen molar-refractivity contribution in [1.29, 1.82) is 0 Å². The Morgan fingerprint density at radius 2 is 2.44 bits per heavy atom. The van der Waals surface area contributed by atoms with E-state index in [0.717, 1.165) is 13.0 Å². The van der Waals surface area contributed by atoms with Crippen molar-refractivity contribution < 1.29 is 24.0 Å². The average molecular weight is 236 g/mol. The largest absolute Gasteiger partial charge is 1.00 e. The number of hydrogen-bond donors (Lipinski definition) is 0. The summed E-state index contributed by atoms with van der Waals surface area (Å²) in [6, 6.07) is 0. The zero-order valence-corrected chi connectivity index (χ0v) is 7.50. The van der Waals surface area contributed by atoms with Crippen molar-refractivity contribution in [2.45, 2.75) is 13.3 Å². The quantitative estimate of drug-likeness (QED) is 0.403. The topological polar surface area (TPSA) is 15.6 Å². The lowest BCUT2D eigenvalue weighted by molar-refractivity contribution is -0.00000174. The molecule has 0 unspecified atom stereocenters. The van der Waals surface area contributed by atoms with Crippen LogP contribution in [0.15, 0.2) is 17.4 Å². The van der Waals surface area contributed by atoms with Crippen LogP contribution in [0.25, 0.3) is 0 Å². The molecule has 0 N–H and O–H groups in total. The van der Waals surface area contributed by atoms with Gasteiger partial charge < -0.3 is 24.0 Å². The minimum Gasteiger partial charge on any atom is -1.00 e. The van der Waals surface area contributed by atoms with Crippen LogP contribution in [0.5, 0.6) is 0 Å². The molecule has 50 valence electrons. The molecule has 9 heavy (non-hydrogen) atoms. The van der Waals surface area contributed by atoms with Crippen LogP contribution in [0.4, 0.5) is 0 Å². The second-order valence-electron chi connectivity index (χ2n) is 1.72. The van der Waals surface area contributed by atoms with Gasteiger partial charge >= 0.3 is 0 Å². The maximum Gasteiger partial charge on any atom is 0.255 e. The molecule has 0 saturated heterocycles. The summed E-state index contributed by atoms with van der Waals surface area (Å²) >= 11 is 0. The van der Waals surface area contributed by atoms with Crippen LogP contribution in [0.2, 0.25) is 0 Å². The van der Waals surface area contributed by atoms with Gasteiger partial charge in [-0.25, -0.2) is 0 Å². The molecule has 0 aromatic heterocycles. The van der Waals surface area contributed by atoms with Crippen molar-refractivity contribution in [1.82, 2.24) is 4.90 Å². The molecule has 0 bridgehead atoms. The van der Waals surface area contributed by atoms with Crippen LogP contribution in [0.3, 0.4) is 0 Å². The van der Waals surface area contributed by atoms with E-state index < -0.39 is 0 Å². The van der Waals surface area contributed by atoms with Crippen molar-refractivity contribution in [3.63, 3.8) is 0 Å². The van der Waals surface area contributed by atoms with E-state index in [0.29, 0.717) is 0 Å². The summed E-state index contributed by atoms with van der Waals surface area (Å²) in [5, 5.41) is 0. The normalized spacial score (nSPS) is 13.2. The van der Waals surface area contributed by atoms with Gasteiger partial charge in [-0.1, -0.05) is 6.92 Å². The van der Waals surface area contributed by atoms with Gasteiger partial charge in [-0.3, -0.25) is 0 Å². The molecule has 3 heteroatoms. The Morgan fingerprint density at radius 3 is 2.89 bits per heavy atom. The first-order valence-corrected chi connectivity index (χ1v) is 2.82. The van der Waals surface area contributed by atoms with Crippen molar-refractivity contribution in [3.05, 3.63) is 12.4 Å². The molecular formula is C6H9IN2. The van der Waals surface area contributed by atoms with Crippen LogP contribution < -0.4 is 24.0 Å². The van der Waals surface area contributed by atoms with E-state index in [2.05, 4.69) is 18.3 Å². The lowest BCUT2D eigenvalue weighted by Gasteiger charge is -1.95. The van der Waals surface area contributed by atoms with E-state index in [1.807, 2.05) is 11.1 Å². The molecule has 0 amide bonds. The molecule has 1 aliphatic heterocycles. The lowest BCUT2D eigenvalue weighted by Crippen LogP contribution is -3.00. The summed E-state index contributed by atoms with van der Waals surface area (Å²) in [6.07, 6.45) is 7.62. The predicted octanol–water partition coefficient (Wildman–Crippen LogP) is -1.91. The van der Waals surface area contributed by atoms with Gasteiger partial charge in [-0.2, -0.15) is 4.90 Å². The van der Waals surface area contributed by atoms with Crippen molar-refractivity contribution >= 4 is 6.34 Å². The number of aliphatic imine (C=N–C) groups is 1. The highest BCUT2D eigenvalue weighted by Gasteiger charge is 2.06. The van der Waals surface area contributed by atoms with Gasteiger partial charge in [0.25, 0.3) is 6.34 Å². The molecule has 2 nitrogen and oxygen atoms in total. The number of halogens is 1. The summed E-state index contributed by atoms with van der Waals surface area (Å²) in [4.78, 5) is 5.72. The lowest BCUT2D eigenvalue weighted by atomic mass is 10.5. The van der Waals surface area contributed by atoms with Crippen LogP contribution >= 0.6 is 0 Å². The van der Waals surface area contributed by atoms with E-state index >= 15 is 0 Å². The second-order valence-corrected chi connectivity index (χ2v) is 1.72. The van der Waals surface area contributed by atoms with E-state index in [1.165, 1.54) is 0 Å². The SMILES string of the molecule is CCCN1[C+]=NC=C1.[I-]. The monoisotopic (exact) mass is 236 g/mol. The molecule has 1 aliphatic rings. The Balaban J connectivity index is 0.000000640. The van der Waals surface area contributed by atoms with Crippen LogP contribution in [0, 0.1) is 0 Å². The van der Waals surface area contributed by atoms with Crippen molar-refractivity contribution in [2.24, 2.45) is 4.99 Å². The summed E-state index contributed by atoms with van der Waals surface area (Å²) in [5.41, 5.74) is 0. The van der Waals surface area contributed by atoms with Gasteiger partial charge in [0.05, 0.1) is 6.54 Å². The third-order valence-electron chi connectivity index (χ3n) is 0.972. The maximum atomic E-state index is 3.78. The molecule has 1 heterocycles. The van der Waals surface area contributed by atoms with Crippen molar-refractivity contribution in [3.8, 4) is 0 Å². The smallest absolute Gasteiger partial charge is 0.255 e. The van der Waals surface area contributed by atoms with Gasteiger partial charge in [0.15, 0.2) is 6.20 Å². The van der Waals surface area contributed by atoms with Gasteiger partial charge in [0.2, 0.25) is 6.20 Å². The molecular weight excluding hydrogens is 227 g/mol. The minimum absolute atomic E-state index is 0. The van der Waals surface area contributed by atoms with Gasteiger partial charge in [0.1, 0.15) is 0 Å². The first kappa shape index (κ1) is 8.85. The Morgan fingerprint density at radius 1 is 1.67 bits per heavy atom. The molecule has 0 saturated carbocycles. The third kappa shape index (κ3) is 2.77. The molecule has 0 aliphatic carbocycles. The first-order chi connectivity index (χ1) is 3.93. The highest BCUT2D eigenvalue weighted by Crippen LogP contribution is 1.94. The molecule has 0 aromatic carbocycles. The summed E-state index contributed by atoms with van der Waals surface area (Å²) < 4.78 is 0. The first-order valence-electron chi connectivity index (χ1n) is 2.82. The van der Waals surface area contributed by atoms with E-state index in [9.17, 15) is 0 Å². The Hall–Kier alpha value is -0.150. The van der Waals surface area contributed by atoms with Crippen molar-refractivity contribution in [2.75, 3.05) is 6.54 Å². The summed E-state index contributed by atoms with van der Waals surface area (Å²) in [7, 11) is 0. The standard InChI is InChI=1S/C6H9N2.HI/c1-2-4-8-5-3-7-6-8;/h3,5H,2,4H2,1H3;1H/q+1;/p-1. The van der Waals surface area contributed by atoms with E-state index in [4.69, 9.17) is 0 Å². The van der Waals surface area contributed by atoms with Crippen LogP contribution in [-0.2, 0) is 0 Å². The van der Waals surface area contributed by atoms with Gasteiger partial charge in [0, 0.05) is 0 Å². The zero-order valence-electron chi connectivity index (χ0n) is 5.34. The molecule has 0 spiro atoms. The fourth-order valence-corrected chi connectivity index (χ4v) is 0.620. The average Bonchev–Trinajstić information content (AvgIpc) is 2.19. The molecule has 0 aromatic rings. The Bertz CT molecular complexity index is 108. The van der Waals surface area contributed by atoms with Gasteiger partial charge in [-0.15, -0.1) is 0 Å². The minimum atomic E-state index is 0. The number of nitrogens with zero attached hydrogens (tertiary/aromatic N) is 2. The highest BCUT2D eigenvalue weighted by molar-refractivity contribution is 5.59. The molecule has 1 rings (SSSR count). The predicted molar refractivity (Wildman–Crippen MR) is 33.6 cm³/mol. The van der Waals surface area contributed by atoms with E-state index in [-0.39, 0.29) is 24.0 Å². The third-order valence-corrected chi connectivity index (χ3v) is 0.972. The Kier molecular flexibility index (Phi) is 4.62. The molecule has 0 atom stereocenters. The number of hydrogen-bond acceptors (Lipinski definition) is 2.